The number of rotatable bonds is 3. The van der Waals surface area contributed by atoms with Crippen LogP contribution in [0.2, 0.25) is 0 Å². The summed E-state index contributed by atoms with van der Waals surface area (Å²) in [6.45, 7) is 1.55. The van der Waals surface area contributed by atoms with Crippen molar-refractivity contribution in [2.75, 3.05) is 0 Å². The third-order valence-electron chi connectivity index (χ3n) is 2.80. The minimum atomic E-state index is -4.12. The normalized spacial score (nSPS) is 17.2. The van der Waals surface area contributed by atoms with E-state index < -0.39 is 14.9 Å². The molecule has 9 heteroatoms. The maximum absolute atomic E-state index is 12.2. The Bertz CT molecular complexity index is 868. The number of non-ortho nitro benzene ring substituents is 1. The van der Waals surface area contributed by atoms with Crippen molar-refractivity contribution >= 4 is 43.1 Å². The lowest BCUT2D eigenvalue weighted by Gasteiger charge is -2.08. The number of ketones is 1. The Kier molecular flexibility index (Phi) is 4.38. The smallest absolute Gasteiger partial charge is 0.283 e. The van der Waals surface area contributed by atoms with Gasteiger partial charge in [-0.15, -0.1) is 0 Å². The van der Waals surface area contributed by atoms with Gasteiger partial charge < -0.3 is 0 Å². The highest BCUT2D eigenvalue weighted by Crippen LogP contribution is 2.22. The lowest BCUT2D eigenvalue weighted by molar-refractivity contribution is -0.385. The first-order valence-corrected chi connectivity index (χ1v) is 8.13. The number of nitro groups is 1. The molecule has 1 aliphatic rings. The minimum Gasteiger partial charge on any atom is -0.289 e. The fourth-order valence-electron chi connectivity index (χ4n) is 1.68. The first-order chi connectivity index (χ1) is 10.2. The Hall–Kier alpha value is -2.13. The van der Waals surface area contributed by atoms with E-state index in [0.717, 1.165) is 6.07 Å². The molecule has 0 N–H and O–H groups in total. The van der Waals surface area contributed by atoms with Crippen LogP contribution in [0, 0.1) is 10.1 Å². The molecule has 0 saturated heterocycles. The number of carbonyl (C=O) groups is 1. The van der Waals surface area contributed by atoms with Gasteiger partial charge in [0.1, 0.15) is 0 Å². The molecule has 0 unspecified atom stereocenters. The van der Waals surface area contributed by atoms with Crippen molar-refractivity contribution in [3.05, 3.63) is 56.6 Å². The van der Waals surface area contributed by atoms with Crippen LogP contribution in [0.15, 0.2) is 55.8 Å². The fourth-order valence-corrected chi connectivity index (χ4v) is 3.10. The van der Waals surface area contributed by atoms with Gasteiger partial charge in [0, 0.05) is 12.1 Å². The van der Waals surface area contributed by atoms with Gasteiger partial charge in [-0.3, -0.25) is 14.9 Å². The number of hydrogen-bond donors (Lipinski definition) is 0. The van der Waals surface area contributed by atoms with Crippen molar-refractivity contribution in [2.45, 2.75) is 11.8 Å². The van der Waals surface area contributed by atoms with Crippen molar-refractivity contribution < 1.29 is 18.1 Å². The standard InChI is InChI=1S/C13H9BrN2O5S/c1-8-5-13(17)11(14)7-12(8)15-22(20,21)10-4-2-3-9(6-10)16(18)19/h2-7H,1H3. The highest BCUT2D eigenvalue weighted by molar-refractivity contribution is 9.12. The fraction of sp³-hybridized carbons (Fsp3) is 0.0769. The van der Waals surface area contributed by atoms with Crippen LogP contribution in [0.25, 0.3) is 0 Å². The largest absolute Gasteiger partial charge is 0.289 e. The Balaban J connectivity index is 2.50. The minimum absolute atomic E-state index is 0.0954. The maximum Gasteiger partial charge on any atom is 0.283 e. The predicted molar refractivity (Wildman–Crippen MR) is 83.5 cm³/mol. The molecule has 0 amide bonds. The van der Waals surface area contributed by atoms with Gasteiger partial charge in [-0.05, 0) is 46.6 Å². The van der Waals surface area contributed by atoms with E-state index in [2.05, 4.69) is 20.3 Å². The van der Waals surface area contributed by atoms with Gasteiger partial charge in [-0.2, -0.15) is 12.8 Å². The molecule has 0 saturated carbocycles. The predicted octanol–water partition coefficient (Wildman–Crippen LogP) is 2.53. The first kappa shape index (κ1) is 16.2. The molecule has 0 bridgehead atoms. The molecule has 114 valence electrons. The first-order valence-electron chi connectivity index (χ1n) is 5.90. The van der Waals surface area contributed by atoms with Crippen LogP contribution in [0.4, 0.5) is 5.69 Å². The van der Waals surface area contributed by atoms with Crippen molar-refractivity contribution in [1.29, 1.82) is 0 Å². The maximum atomic E-state index is 12.2. The zero-order chi connectivity index (χ0) is 16.5. The van der Waals surface area contributed by atoms with E-state index in [1.165, 1.54) is 30.4 Å². The SMILES string of the molecule is CC1=CC(=O)C(Br)=CC1=NS(=O)(=O)c1cccc([N+](=O)[O-])c1. The summed E-state index contributed by atoms with van der Waals surface area (Å²) in [7, 11) is -4.12. The van der Waals surface area contributed by atoms with Crippen molar-refractivity contribution in [3.8, 4) is 0 Å². The number of benzene rings is 1. The molecule has 1 aromatic rings. The van der Waals surface area contributed by atoms with Gasteiger partial charge >= 0.3 is 0 Å². The van der Waals surface area contributed by atoms with E-state index >= 15 is 0 Å². The second-order valence-corrected chi connectivity index (χ2v) is 6.85. The highest BCUT2D eigenvalue weighted by atomic mass is 79.9. The van der Waals surface area contributed by atoms with Gasteiger partial charge in [0.05, 0.1) is 20.0 Å². The Morgan fingerprint density at radius 3 is 2.59 bits per heavy atom. The summed E-state index contributed by atoms with van der Waals surface area (Å²) < 4.78 is 28.3. The van der Waals surface area contributed by atoms with Gasteiger partial charge in [0.2, 0.25) is 0 Å². The van der Waals surface area contributed by atoms with E-state index in [0.29, 0.717) is 5.57 Å². The summed E-state index contributed by atoms with van der Waals surface area (Å²) in [6, 6.07) is 4.61. The van der Waals surface area contributed by atoms with Gasteiger partial charge in [0.25, 0.3) is 15.7 Å². The van der Waals surface area contributed by atoms with Crippen LogP contribution in [0.1, 0.15) is 6.92 Å². The number of nitrogens with zero attached hydrogens (tertiary/aromatic N) is 2. The Morgan fingerprint density at radius 1 is 1.27 bits per heavy atom. The lowest BCUT2D eigenvalue weighted by atomic mass is 10.1. The Morgan fingerprint density at radius 2 is 1.95 bits per heavy atom. The molecule has 0 spiro atoms. The number of halogens is 1. The van der Waals surface area contributed by atoms with Gasteiger partial charge in [0.15, 0.2) is 5.78 Å². The molecule has 22 heavy (non-hydrogen) atoms. The third-order valence-corrected chi connectivity index (χ3v) is 4.70. The molecule has 1 aliphatic carbocycles. The molecular weight excluding hydrogens is 376 g/mol. The molecule has 0 aromatic heterocycles. The molecule has 2 rings (SSSR count). The van der Waals surface area contributed by atoms with Crippen LogP contribution < -0.4 is 0 Å². The summed E-state index contributed by atoms with van der Waals surface area (Å²) in [5, 5.41) is 10.7. The zero-order valence-electron chi connectivity index (χ0n) is 11.2. The molecule has 0 atom stereocenters. The molecule has 0 radical (unpaired) electrons. The van der Waals surface area contributed by atoms with Crippen molar-refractivity contribution in [2.24, 2.45) is 4.40 Å². The monoisotopic (exact) mass is 384 g/mol. The van der Waals surface area contributed by atoms with E-state index in [1.54, 1.807) is 6.92 Å². The summed E-state index contributed by atoms with van der Waals surface area (Å²) >= 11 is 3.02. The third kappa shape index (κ3) is 3.37. The van der Waals surface area contributed by atoms with Crippen LogP contribution in [0.3, 0.4) is 0 Å². The molecule has 1 aromatic carbocycles. The molecule has 0 aliphatic heterocycles. The molecule has 0 heterocycles. The van der Waals surface area contributed by atoms with Gasteiger partial charge in [-0.25, -0.2) is 0 Å². The average Bonchev–Trinajstić information content (AvgIpc) is 2.44. The quantitative estimate of drug-likeness (QED) is 0.452. The summed E-state index contributed by atoms with van der Waals surface area (Å²) in [5.41, 5.74) is 0.143. The van der Waals surface area contributed by atoms with Crippen molar-refractivity contribution in [3.63, 3.8) is 0 Å². The molecular formula is C13H9BrN2O5S. The number of nitro benzene ring substituents is 1. The van der Waals surface area contributed by atoms with Crippen LogP contribution in [-0.2, 0) is 14.8 Å². The van der Waals surface area contributed by atoms with E-state index in [1.807, 2.05) is 0 Å². The second kappa shape index (κ2) is 5.93. The number of sulfonamides is 1. The highest BCUT2D eigenvalue weighted by Gasteiger charge is 2.20. The summed E-state index contributed by atoms with van der Waals surface area (Å²) in [4.78, 5) is 21.2. The Labute approximate surface area is 134 Å². The summed E-state index contributed by atoms with van der Waals surface area (Å²) in [6.07, 6.45) is 2.55. The molecule has 0 fully saturated rings. The number of allylic oxidation sites excluding steroid dienone is 4. The molecule has 7 nitrogen and oxygen atoms in total. The topological polar surface area (TPSA) is 107 Å². The van der Waals surface area contributed by atoms with Gasteiger partial charge in [-0.1, -0.05) is 6.07 Å². The van der Waals surface area contributed by atoms with Crippen LogP contribution in [0.5, 0.6) is 0 Å². The zero-order valence-corrected chi connectivity index (χ0v) is 13.6. The van der Waals surface area contributed by atoms with E-state index in [9.17, 15) is 23.3 Å². The number of carbonyl (C=O) groups excluding carboxylic acids is 1. The van der Waals surface area contributed by atoms with E-state index in [-0.39, 0.29) is 26.6 Å². The average molecular weight is 385 g/mol. The lowest BCUT2D eigenvalue weighted by Crippen LogP contribution is -2.11. The van der Waals surface area contributed by atoms with E-state index in [4.69, 9.17) is 0 Å². The van der Waals surface area contributed by atoms with Crippen molar-refractivity contribution in [1.82, 2.24) is 0 Å². The second-order valence-electron chi connectivity index (χ2n) is 4.39. The van der Waals surface area contributed by atoms with Crippen LogP contribution in [-0.4, -0.2) is 24.8 Å². The number of hydrogen-bond acceptors (Lipinski definition) is 5. The van der Waals surface area contributed by atoms with Crippen LogP contribution >= 0.6 is 15.9 Å². The summed E-state index contributed by atoms with van der Waals surface area (Å²) in [5.74, 6) is -0.288.